The summed E-state index contributed by atoms with van der Waals surface area (Å²) in [5.41, 5.74) is 1.00. The van der Waals surface area contributed by atoms with Gasteiger partial charge in [-0.25, -0.2) is 9.49 Å². The first kappa shape index (κ1) is 25.6. The number of amides is 2. The van der Waals surface area contributed by atoms with E-state index in [0.29, 0.717) is 54.4 Å². The fraction of sp³-hybridized carbons (Fsp3) is 0.571. The highest BCUT2D eigenvalue weighted by Gasteiger charge is 2.44. The van der Waals surface area contributed by atoms with E-state index in [1.165, 1.54) is 12.8 Å². The summed E-state index contributed by atoms with van der Waals surface area (Å²) < 4.78 is 15.4. The van der Waals surface area contributed by atoms with Gasteiger partial charge in [-0.05, 0) is 75.3 Å². The number of carbonyl (C=O) groups is 2. The highest BCUT2D eigenvalue weighted by atomic mass is 19.1. The van der Waals surface area contributed by atoms with Crippen molar-refractivity contribution in [1.82, 2.24) is 25.3 Å². The molecule has 1 aromatic heterocycles. The number of carbonyl (C=O) groups excluding carboxylic acids is 2. The average Bonchev–Trinajstić information content (AvgIpc) is 3.64. The van der Waals surface area contributed by atoms with Crippen molar-refractivity contribution in [1.29, 1.82) is 0 Å². The van der Waals surface area contributed by atoms with Crippen LogP contribution in [-0.4, -0.2) is 70.1 Å². The van der Waals surface area contributed by atoms with Crippen LogP contribution in [-0.2, 0) is 4.79 Å². The molecule has 0 bridgehead atoms. The van der Waals surface area contributed by atoms with Gasteiger partial charge in [-0.1, -0.05) is 25.0 Å². The van der Waals surface area contributed by atoms with E-state index in [0.717, 1.165) is 32.2 Å². The highest BCUT2D eigenvalue weighted by molar-refractivity contribution is 5.95. The van der Waals surface area contributed by atoms with Crippen LogP contribution in [0.5, 0.6) is 0 Å². The second-order valence-electron chi connectivity index (χ2n) is 10.9. The first-order chi connectivity index (χ1) is 17.8. The zero-order valence-corrected chi connectivity index (χ0v) is 21.7. The van der Waals surface area contributed by atoms with E-state index >= 15 is 4.39 Å². The minimum atomic E-state index is -1.57. The Labute approximate surface area is 216 Å². The summed E-state index contributed by atoms with van der Waals surface area (Å²) in [6.45, 7) is 6.13. The van der Waals surface area contributed by atoms with Crippen LogP contribution in [0.2, 0.25) is 0 Å². The average molecular weight is 510 g/mol. The molecule has 1 atom stereocenters. The molecule has 2 aliphatic carbocycles. The number of H-pyrrole nitrogens is 1. The first-order valence-electron chi connectivity index (χ1n) is 13.4. The summed E-state index contributed by atoms with van der Waals surface area (Å²) in [7, 11) is 0. The third-order valence-corrected chi connectivity index (χ3v) is 8.38. The lowest BCUT2D eigenvalue weighted by Gasteiger charge is -2.40. The fourth-order valence-corrected chi connectivity index (χ4v) is 5.58. The van der Waals surface area contributed by atoms with E-state index in [1.807, 2.05) is 4.90 Å². The first-order valence-corrected chi connectivity index (χ1v) is 13.4. The summed E-state index contributed by atoms with van der Waals surface area (Å²) in [4.78, 5) is 42.2. The summed E-state index contributed by atoms with van der Waals surface area (Å²) in [5.74, 6) is 0.720. The van der Waals surface area contributed by atoms with Gasteiger partial charge in [0.1, 0.15) is 5.69 Å². The van der Waals surface area contributed by atoms with Crippen molar-refractivity contribution in [2.45, 2.75) is 64.1 Å². The Kier molecular flexibility index (Phi) is 7.16. The Hall–Kier alpha value is -3.07. The van der Waals surface area contributed by atoms with E-state index in [-0.39, 0.29) is 23.1 Å². The van der Waals surface area contributed by atoms with Gasteiger partial charge in [0.05, 0.1) is 5.54 Å². The second kappa shape index (κ2) is 10.4. The van der Waals surface area contributed by atoms with Gasteiger partial charge in [0.2, 0.25) is 5.91 Å². The molecule has 1 saturated heterocycles. The molecule has 9 heteroatoms. The normalized spacial score (nSPS) is 20.2. The molecule has 0 spiro atoms. The second-order valence-corrected chi connectivity index (χ2v) is 10.9. The number of aromatic amines is 1. The minimum absolute atomic E-state index is 0.143. The molecule has 2 saturated carbocycles. The van der Waals surface area contributed by atoms with Gasteiger partial charge >= 0.3 is 0 Å². The van der Waals surface area contributed by atoms with Crippen LogP contribution in [0, 0.1) is 19.8 Å². The summed E-state index contributed by atoms with van der Waals surface area (Å²) >= 11 is 0. The molecular formula is C28H36FN5O3. The number of alkyl halides is 1. The molecule has 3 fully saturated rings. The van der Waals surface area contributed by atoms with Gasteiger partial charge < -0.3 is 15.1 Å². The van der Waals surface area contributed by atoms with Crippen molar-refractivity contribution < 1.29 is 14.0 Å². The van der Waals surface area contributed by atoms with E-state index in [9.17, 15) is 14.4 Å². The summed E-state index contributed by atoms with van der Waals surface area (Å²) in [6, 6.07) is 6.53. The zero-order chi connectivity index (χ0) is 26.2. The molecule has 1 unspecified atom stereocenters. The molecule has 1 aromatic carbocycles. The number of piperazine rings is 1. The molecule has 0 radical (unpaired) electrons. The Morgan fingerprint density at radius 2 is 1.78 bits per heavy atom. The number of hydrogen-bond donors (Lipinski definition) is 2. The number of benzene rings is 1. The molecule has 2 amide bonds. The third kappa shape index (κ3) is 5.19. The smallest absolute Gasteiger partial charge is 0.267 e. The van der Waals surface area contributed by atoms with Crippen LogP contribution < -0.4 is 10.9 Å². The largest absolute Gasteiger partial charge is 0.338 e. The highest BCUT2D eigenvalue weighted by Crippen LogP contribution is 2.35. The number of aromatic nitrogens is 2. The van der Waals surface area contributed by atoms with Crippen molar-refractivity contribution in [2.75, 3.05) is 32.7 Å². The topological polar surface area (TPSA) is 98.4 Å². The van der Waals surface area contributed by atoms with Crippen LogP contribution >= 0.6 is 0 Å². The molecule has 2 heterocycles. The third-order valence-electron chi connectivity index (χ3n) is 8.38. The maximum atomic E-state index is 15.4. The molecule has 198 valence electrons. The standard InChI is InChI=1S/C28H36FN5O3/c1-18-19(2)25(35)32-31-24(18)23(29)21-6-5-7-22(16-21)26(36)33-12-14-34(15-13-33)27(37)28(10-3-4-11-28)30-17-20-8-9-20/h5-7,16,20,23,30H,3-4,8-15,17H2,1-2H3,(H,32,35). The van der Waals surface area contributed by atoms with Crippen molar-refractivity contribution in [3.63, 3.8) is 0 Å². The van der Waals surface area contributed by atoms with Gasteiger partial charge in [0.15, 0.2) is 6.17 Å². The van der Waals surface area contributed by atoms with Crippen LogP contribution in [0.4, 0.5) is 4.39 Å². The Morgan fingerprint density at radius 3 is 2.46 bits per heavy atom. The van der Waals surface area contributed by atoms with Crippen LogP contribution in [0.1, 0.15) is 77.4 Å². The lowest BCUT2D eigenvalue weighted by Crippen LogP contribution is -2.61. The quantitative estimate of drug-likeness (QED) is 0.598. The van der Waals surface area contributed by atoms with Gasteiger partial charge in [-0.2, -0.15) is 5.10 Å². The molecule has 8 nitrogen and oxygen atoms in total. The van der Waals surface area contributed by atoms with E-state index in [1.54, 1.807) is 43.0 Å². The number of nitrogens with one attached hydrogen (secondary N) is 2. The van der Waals surface area contributed by atoms with Gasteiger partial charge in [-0.15, -0.1) is 0 Å². The fourth-order valence-electron chi connectivity index (χ4n) is 5.58. The molecule has 3 aliphatic rings. The number of rotatable bonds is 7. The predicted octanol–water partition coefficient (Wildman–Crippen LogP) is 3.04. The van der Waals surface area contributed by atoms with E-state index < -0.39 is 11.7 Å². The van der Waals surface area contributed by atoms with Crippen molar-refractivity contribution in [3.8, 4) is 0 Å². The van der Waals surface area contributed by atoms with Crippen LogP contribution in [0.3, 0.4) is 0 Å². The SMILES string of the molecule is Cc1c(C(F)c2cccc(C(=O)N3CCN(C(=O)C4(NCC5CC5)CCCC4)CC3)c2)n[nH]c(=O)c1C. The molecule has 1 aliphatic heterocycles. The van der Waals surface area contributed by atoms with Gasteiger partial charge in [0.25, 0.3) is 11.5 Å². The lowest BCUT2D eigenvalue weighted by molar-refractivity contribution is -0.139. The number of nitrogens with zero attached hydrogens (tertiary/aromatic N) is 3. The molecule has 5 rings (SSSR count). The Balaban J connectivity index is 1.23. The minimum Gasteiger partial charge on any atom is -0.338 e. The van der Waals surface area contributed by atoms with E-state index in [4.69, 9.17) is 0 Å². The van der Waals surface area contributed by atoms with E-state index in [2.05, 4.69) is 15.5 Å². The maximum absolute atomic E-state index is 15.4. The Morgan fingerprint density at radius 1 is 1.11 bits per heavy atom. The Bertz CT molecular complexity index is 1230. The van der Waals surface area contributed by atoms with Gasteiger partial charge in [0, 0.05) is 37.3 Å². The van der Waals surface area contributed by atoms with Crippen LogP contribution in [0.25, 0.3) is 0 Å². The monoisotopic (exact) mass is 509 g/mol. The molecule has 37 heavy (non-hydrogen) atoms. The summed E-state index contributed by atoms with van der Waals surface area (Å²) in [5, 5.41) is 9.88. The summed E-state index contributed by atoms with van der Waals surface area (Å²) in [6.07, 6.45) is 4.86. The predicted molar refractivity (Wildman–Crippen MR) is 138 cm³/mol. The molecule has 2 aromatic rings. The lowest BCUT2D eigenvalue weighted by atomic mass is 9.94. The molecular weight excluding hydrogens is 473 g/mol. The van der Waals surface area contributed by atoms with Crippen molar-refractivity contribution >= 4 is 11.8 Å². The number of halogens is 1. The van der Waals surface area contributed by atoms with Crippen molar-refractivity contribution in [3.05, 3.63) is 62.6 Å². The zero-order valence-electron chi connectivity index (χ0n) is 21.7. The molecule has 2 N–H and O–H groups in total. The number of hydrogen-bond acceptors (Lipinski definition) is 5. The maximum Gasteiger partial charge on any atom is 0.267 e. The van der Waals surface area contributed by atoms with Crippen molar-refractivity contribution in [2.24, 2.45) is 5.92 Å². The van der Waals surface area contributed by atoms with Gasteiger partial charge in [-0.3, -0.25) is 14.4 Å². The van der Waals surface area contributed by atoms with Crippen LogP contribution in [0.15, 0.2) is 29.1 Å².